The molecule has 3 N–H and O–H groups in total. The summed E-state index contributed by atoms with van der Waals surface area (Å²) in [6, 6.07) is 5.27. The standard InChI is InChI=1S/C6H7NO4S/c8-7(9)5-1-3-6(4-2-5)12(10)11/h1-4,8-9H,(H,10,11). The normalized spacial score (nSPS) is 12.6. The Morgan fingerprint density at radius 2 is 1.67 bits per heavy atom. The van der Waals surface area contributed by atoms with Crippen LogP contribution in [-0.4, -0.2) is 19.2 Å². The van der Waals surface area contributed by atoms with Crippen LogP contribution in [0.1, 0.15) is 0 Å². The van der Waals surface area contributed by atoms with Gasteiger partial charge in [-0.1, -0.05) is 0 Å². The second-order valence-corrected chi connectivity index (χ2v) is 3.00. The molecule has 66 valence electrons. The van der Waals surface area contributed by atoms with Crippen molar-refractivity contribution in [2.45, 2.75) is 4.90 Å². The van der Waals surface area contributed by atoms with Gasteiger partial charge in [0.25, 0.3) is 0 Å². The average Bonchev–Trinajstić information content (AvgIpc) is 2.04. The highest BCUT2D eigenvalue weighted by Crippen LogP contribution is 2.13. The van der Waals surface area contributed by atoms with E-state index in [9.17, 15) is 4.21 Å². The molecule has 0 aliphatic rings. The number of nitrogens with zero attached hydrogens (tertiary/aromatic N) is 1. The molecule has 12 heavy (non-hydrogen) atoms. The molecule has 5 nitrogen and oxygen atoms in total. The van der Waals surface area contributed by atoms with Crippen molar-refractivity contribution in [3.8, 4) is 0 Å². The first kappa shape index (κ1) is 9.14. The molecule has 1 atom stereocenters. The van der Waals surface area contributed by atoms with Gasteiger partial charge >= 0.3 is 0 Å². The van der Waals surface area contributed by atoms with Crippen LogP contribution in [0.2, 0.25) is 0 Å². The van der Waals surface area contributed by atoms with Crippen molar-refractivity contribution in [2.24, 2.45) is 0 Å². The summed E-state index contributed by atoms with van der Waals surface area (Å²) < 4.78 is 19.0. The van der Waals surface area contributed by atoms with Crippen LogP contribution in [-0.2, 0) is 11.1 Å². The zero-order valence-electron chi connectivity index (χ0n) is 5.91. The first-order valence-electron chi connectivity index (χ1n) is 3.00. The van der Waals surface area contributed by atoms with Crippen LogP contribution in [0.3, 0.4) is 0 Å². The fraction of sp³-hybridized carbons (Fsp3) is 0. The summed E-state index contributed by atoms with van der Waals surface area (Å²) in [6.45, 7) is 0. The lowest BCUT2D eigenvalue weighted by atomic mass is 10.3. The molecule has 1 aromatic rings. The summed E-state index contributed by atoms with van der Waals surface area (Å²) in [6.07, 6.45) is 0. The van der Waals surface area contributed by atoms with E-state index >= 15 is 0 Å². The van der Waals surface area contributed by atoms with Crippen molar-refractivity contribution >= 4 is 16.8 Å². The van der Waals surface area contributed by atoms with Crippen LogP contribution < -0.4 is 5.23 Å². The molecular weight excluding hydrogens is 182 g/mol. The van der Waals surface area contributed by atoms with Crippen LogP contribution in [0.5, 0.6) is 0 Å². The van der Waals surface area contributed by atoms with Crippen molar-refractivity contribution in [3.63, 3.8) is 0 Å². The highest BCUT2D eigenvalue weighted by Gasteiger charge is 2.01. The first-order chi connectivity index (χ1) is 5.61. The number of anilines is 1. The summed E-state index contributed by atoms with van der Waals surface area (Å²) in [5.41, 5.74) is 0.129. The largest absolute Gasteiger partial charge is 0.302 e. The predicted molar refractivity (Wildman–Crippen MR) is 41.5 cm³/mol. The Hall–Kier alpha value is -0.950. The lowest BCUT2D eigenvalue weighted by Gasteiger charge is -2.06. The molecule has 0 aromatic heterocycles. The minimum atomic E-state index is -2.03. The molecular formula is C6H7NO4S. The number of hydrogen-bond donors (Lipinski definition) is 3. The number of rotatable bonds is 2. The summed E-state index contributed by atoms with van der Waals surface area (Å²) >= 11 is -2.03. The molecule has 6 heteroatoms. The molecule has 0 aliphatic carbocycles. The van der Waals surface area contributed by atoms with Crippen LogP contribution in [0.25, 0.3) is 0 Å². The molecule has 1 rings (SSSR count). The lowest BCUT2D eigenvalue weighted by Crippen LogP contribution is -2.10. The van der Waals surface area contributed by atoms with Crippen molar-refractivity contribution in [1.82, 2.24) is 0 Å². The topological polar surface area (TPSA) is 81.0 Å². The molecule has 0 spiro atoms. The lowest BCUT2D eigenvalue weighted by molar-refractivity contribution is 0.0291. The molecule has 0 saturated heterocycles. The highest BCUT2D eigenvalue weighted by atomic mass is 32.2. The molecule has 0 saturated carbocycles. The third-order valence-electron chi connectivity index (χ3n) is 1.27. The van der Waals surface area contributed by atoms with E-state index in [1.807, 2.05) is 0 Å². The third-order valence-corrected chi connectivity index (χ3v) is 1.94. The second-order valence-electron chi connectivity index (χ2n) is 2.03. The van der Waals surface area contributed by atoms with E-state index in [1.165, 1.54) is 24.3 Å². The molecule has 0 aliphatic heterocycles. The maximum Gasteiger partial charge on any atom is 0.186 e. The van der Waals surface area contributed by atoms with Gasteiger partial charge in [0.05, 0.1) is 10.6 Å². The summed E-state index contributed by atoms with van der Waals surface area (Å²) in [5, 5.41) is 16.9. The van der Waals surface area contributed by atoms with Crippen LogP contribution in [0.4, 0.5) is 5.69 Å². The Kier molecular flexibility index (Phi) is 2.77. The van der Waals surface area contributed by atoms with Gasteiger partial charge in [0, 0.05) is 0 Å². The Morgan fingerprint density at radius 1 is 1.17 bits per heavy atom. The maximum absolute atomic E-state index is 10.5. The second kappa shape index (κ2) is 3.63. The fourth-order valence-corrected chi connectivity index (χ4v) is 1.06. The molecule has 0 fully saturated rings. The summed E-state index contributed by atoms with van der Waals surface area (Å²) in [5.74, 6) is 0. The van der Waals surface area contributed by atoms with Gasteiger partial charge in [-0.2, -0.15) is 0 Å². The molecule has 1 unspecified atom stereocenters. The van der Waals surface area contributed by atoms with E-state index in [2.05, 4.69) is 0 Å². The van der Waals surface area contributed by atoms with Gasteiger partial charge < -0.3 is 4.55 Å². The van der Waals surface area contributed by atoms with Gasteiger partial charge in [-0.3, -0.25) is 10.4 Å². The van der Waals surface area contributed by atoms with Gasteiger partial charge in [-0.05, 0) is 24.3 Å². The molecule has 0 radical (unpaired) electrons. The molecule has 0 amide bonds. The van der Waals surface area contributed by atoms with E-state index in [-0.39, 0.29) is 15.8 Å². The van der Waals surface area contributed by atoms with Crippen molar-refractivity contribution in [3.05, 3.63) is 24.3 Å². The van der Waals surface area contributed by atoms with Crippen molar-refractivity contribution in [2.75, 3.05) is 5.23 Å². The zero-order valence-corrected chi connectivity index (χ0v) is 6.73. The minimum absolute atomic E-state index is 0.0654. The van der Waals surface area contributed by atoms with Gasteiger partial charge in [0.15, 0.2) is 11.1 Å². The Morgan fingerprint density at radius 3 is 2.00 bits per heavy atom. The molecule has 0 bridgehead atoms. The van der Waals surface area contributed by atoms with Crippen molar-refractivity contribution in [1.29, 1.82) is 0 Å². The number of benzene rings is 1. The Balaban J connectivity index is 2.93. The number of hydrogen-bond acceptors (Lipinski definition) is 4. The monoisotopic (exact) mass is 189 g/mol. The minimum Gasteiger partial charge on any atom is -0.302 e. The molecule has 0 heterocycles. The van der Waals surface area contributed by atoms with E-state index in [1.54, 1.807) is 0 Å². The third kappa shape index (κ3) is 2.02. The maximum atomic E-state index is 10.5. The van der Waals surface area contributed by atoms with Crippen LogP contribution >= 0.6 is 0 Å². The van der Waals surface area contributed by atoms with E-state index in [0.717, 1.165) is 0 Å². The van der Waals surface area contributed by atoms with Gasteiger partial charge in [0.1, 0.15) is 0 Å². The smallest absolute Gasteiger partial charge is 0.186 e. The van der Waals surface area contributed by atoms with Crippen LogP contribution in [0.15, 0.2) is 29.2 Å². The quantitative estimate of drug-likeness (QED) is 0.474. The Bertz CT molecular complexity index is 284. The SMILES string of the molecule is O=S(O)c1ccc(N(O)O)cc1. The van der Waals surface area contributed by atoms with Gasteiger partial charge in [0.2, 0.25) is 0 Å². The van der Waals surface area contributed by atoms with E-state index < -0.39 is 11.1 Å². The van der Waals surface area contributed by atoms with Gasteiger partial charge in [-0.15, -0.1) is 5.23 Å². The first-order valence-corrected chi connectivity index (χ1v) is 4.11. The summed E-state index contributed by atoms with van der Waals surface area (Å²) in [4.78, 5) is 0.209. The average molecular weight is 189 g/mol. The van der Waals surface area contributed by atoms with E-state index in [0.29, 0.717) is 0 Å². The molecule has 1 aromatic carbocycles. The van der Waals surface area contributed by atoms with Gasteiger partial charge in [-0.25, -0.2) is 4.21 Å². The Labute approximate surface area is 71.1 Å². The van der Waals surface area contributed by atoms with Crippen molar-refractivity contribution < 1.29 is 19.2 Å². The summed E-state index contributed by atoms with van der Waals surface area (Å²) in [7, 11) is 0. The predicted octanol–water partition coefficient (Wildman–Crippen LogP) is 0.852. The highest BCUT2D eigenvalue weighted by molar-refractivity contribution is 7.79. The zero-order chi connectivity index (χ0) is 9.14. The fourth-order valence-electron chi connectivity index (χ4n) is 0.696. The van der Waals surface area contributed by atoms with E-state index in [4.69, 9.17) is 15.0 Å². The van der Waals surface area contributed by atoms with Crippen LogP contribution in [0, 0.1) is 0 Å².